The summed E-state index contributed by atoms with van der Waals surface area (Å²) >= 11 is 1.67. The van der Waals surface area contributed by atoms with Crippen LogP contribution in [0.2, 0.25) is 0 Å². The van der Waals surface area contributed by atoms with E-state index in [4.69, 9.17) is 11.5 Å². The highest BCUT2D eigenvalue weighted by molar-refractivity contribution is 7.10. The fourth-order valence-electron chi connectivity index (χ4n) is 0.946. The van der Waals surface area contributed by atoms with Crippen LogP contribution in [0, 0.1) is 0 Å². The van der Waals surface area contributed by atoms with Gasteiger partial charge in [0.15, 0.2) is 0 Å². The molecule has 4 N–H and O–H groups in total. The fourth-order valence-corrected chi connectivity index (χ4v) is 1.75. The van der Waals surface area contributed by atoms with Gasteiger partial charge in [-0.3, -0.25) is 0 Å². The second-order valence-corrected chi connectivity index (χ2v) is 3.59. The van der Waals surface area contributed by atoms with E-state index in [-0.39, 0.29) is 12.1 Å². The van der Waals surface area contributed by atoms with Crippen LogP contribution in [0.15, 0.2) is 17.5 Å². The number of nitrogens with two attached hydrogens (primary N) is 2. The molecule has 2 nitrogen and oxygen atoms in total. The molecule has 1 aromatic heterocycles. The maximum atomic E-state index is 5.88. The quantitative estimate of drug-likeness (QED) is 0.722. The Hall–Kier alpha value is -0.380. The summed E-state index contributed by atoms with van der Waals surface area (Å²) in [6.07, 6.45) is 0.930. The van der Waals surface area contributed by atoms with Crippen molar-refractivity contribution in [3.63, 3.8) is 0 Å². The van der Waals surface area contributed by atoms with E-state index in [9.17, 15) is 0 Å². The van der Waals surface area contributed by atoms with Gasteiger partial charge in [-0.2, -0.15) is 0 Å². The number of thiophene rings is 1. The van der Waals surface area contributed by atoms with Gasteiger partial charge in [0.1, 0.15) is 0 Å². The predicted molar refractivity (Wildman–Crippen MR) is 49.5 cm³/mol. The van der Waals surface area contributed by atoms with Crippen LogP contribution in [-0.4, -0.2) is 6.04 Å². The van der Waals surface area contributed by atoms with Gasteiger partial charge in [-0.15, -0.1) is 11.3 Å². The Morgan fingerprint density at radius 3 is 2.73 bits per heavy atom. The van der Waals surface area contributed by atoms with Gasteiger partial charge >= 0.3 is 0 Å². The highest BCUT2D eigenvalue weighted by Gasteiger charge is 2.13. The smallest absolute Gasteiger partial charge is 0.0543 e. The largest absolute Gasteiger partial charge is 0.326 e. The molecule has 0 aromatic carbocycles. The zero-order chi connectivity index (χ0) is 8.27. The lowest BCUT2D eigenvalue weighted by atomic mass is 10.1. The summed E-state index contributed by atoms with van der Waals surface area (Å²) in [6.45, 7) is 2.05. The summed E-state index contributed by atoms with van der Waals surface area (Å²) in [5.41, 5.74) is 11.7. The average Bonchev–Trinajstić information content (AvgIpc) is 2.53. The first-order valence-corrected chi connectivity index (χ1v) is 4.68. The number of hydrogen-bond donors (Lipinski definition) is 2. The molecule has 0 spiro atoms. The molecule has 1 heterocycles. The number of hydrogen-bond acceptors (Lipinski definition) is 3. The molecule has 0 aliphatic rings. The Labute approximate surface area is 71.2 Å². The van der Waals surface area contributed by atoms with Gasteiger partial charge in [0.25, 0.3) is 0 Å². The van der Waals surface area contributed by atoms with E-state index in [2.05, 4.69) is 6.92 Å². The van der Waals surface area contributed by atoms with E-state index in [1.807, 2.05) is 17.5 Å². The van der Waals surface area contributed by atoms with E-state index < -0.39 is 0 Å². The van der Waals surface area contributed by atoms with Crippen LogP contribution in [0.25, 0.3) is 0 Å². The molecule has 0 radical (unpaired) electrons. The molecule has 1 rings (SSSR count). The second-order valence-electron chi connectivity index (χ2n) is 2.61. The SMILES string of the molecule is CCC(N)C(N)c1cccs1. The van der Waals surface area contributed by atoms with E-state index in [1.54, 1.807) is 11.3 Å². The molecule has 0 bridgehead atoms. The minimum Gasteiger partial charge on any atom is -0.326 e. The van der Waals surface area contributed by atoms with Crippen molar-refractivity contribution in [2.24, 2.45) is 11.5 Å². The van der Waals surface area contributed by atoms with Crippen molar-refractivity contribution in [2.45, 2.75) is 25.4 Å². The molecule has 0 saturated carbocycles. The van der Waals surface area contributed by atoms with Crippen molar-refractivity contribution in [3.8, 4) is 0 Å². The maximum Gasteiger partial charge on any atom is 0.0543 e. The molecular weight excluding hydrogens is 156 g/mol. The van der Waals surface area contributed by atoms with Crippen LogP contribution in [-0.2, 0) is 0 Å². The summed E-state index contributed by atoms with van der Waals surface area (Å²) < 4.78 is 0. The van der Waals surface area contributed by atoms with Gasteiger partial charge in [0.05, 0.1) is 6.04 Å². The van der Waals surface area contributed by atoms with Crippen LogP contribution in [0.1, 0.15) is 24.3 Å². The lowest BCUT2D eigenvalue weighted by Crippen LogP contribution is -2.32. The summed E-state index contributed by atoms with van der Waals surface area (Å²) in [4.78, 5) is 1.18. The second kappa shape index (κ2) is 3.85. The third-order valence-electron chi connectivity index (χ3n) is 1.80. The van der Waals surface area contributed by atoms with Crippen molar-refractivity contribution >= 4 is 11.3 Å². The van der Waals surface area contributed by atoms with Crippen LogP contribution in [0.4, 0.5) is 0 Å². The zero-order valence-corrected chi connectivity index (χ0v) is 7.47. The van der Waals surface area contributed by atoms with E-state index in [0.29, 0.717) is 0 Å². The van der Waals surface area contributed by atoms with Gasteiger partial charge in [0, 0.05) is 10.9 Å². The Balaban J connectivity index is 2.62. The van der Waals surface area contributed by atoms with Gasteiger partial charge in [-0.25, -0.2) is 0 Å². The zero-order valence-electron chi connectivity index (χ0n) is 6.66. The molecule has 3 heteroatoms. The van der Waals surface area contributed by atoms with Crippen LogP contribution < -0.4 is 11.5 Å². The predicted octanol–water partition coefficient (Wildman–Crippen LogP) is 1.49. The Morgan fingerprint density at radius 1 is 1.55 bits per heavy atom. The lowest BCUT2D eigenvalue weighted by molar-refractivity contribution is 0.539. The Bertz CT molecular complexity index is 196. The van der Waals surface area contributed by atoms with Crippen LogP contribution in [0.3, 0.4) is 0 Å². The van der Waals surface area contributed by atoms with Crippen molar-refractivity contribution in [1.82, 2.24) is 0 Å². The third-order valence-corrected chi connectivity index (χ3v) is 2.78. The molecule has 1 aromatic rings. The van der Waals surface area contributed by atoms with Gasteiger partial charge in [-0.1, -0.05) is 13.0 Å². The van der Waals surface area contributed by atoms with Gasteiger partial charge in [-0.05, 0) is 17.9 Å². The lowest BCUT2D eigenvalue weighted by Gasteiger charge is -2.16. The maximum absolute atomic E-state index is 5.88. The topological polar surface area (TPSA) is 52.0 Å². The van der Waals surface area contributed by atoms with Crippen molar-refractivity contribution < 1.29 is 0 Å². The normalized spacial score (nSPS) is 16.3. The Kier molecular flexibility index (Phi) is 3.05. The van der Waals surface area contributed by atoms with Crippen molar-refractivity contribution in [3.05, 3.63) is 22.4 Å². The average molecular weight is 170 g/mol. The number of rotatable bonds is 3. The summed E-state index contributed by atoms with van der Waals surface area (Å²) in [5, 5.41) is 2.03. The molecule has 0 aliphatic carbocycles. The third kappa shape index (κ3) is 2.02. The molecule has 0 saturated heterocycles. The highest BCUT2D eigenvalue weighted by Crippen LogP contribution is 2.19. The Morgan fingerprint density at radius 2 is 2.27 bits per heavy atom. The van der Waals surface area contributed by atoms with Gasteiger partial charge < -0.3 is 11.5 Å². The summed E-state index contributed by atoms with van der Waals surface area (Å²) in [7, 11) is 0. The summed E-state index contributed by atoms with van der Waals surface area (Å²) in [5.74, 6) is 0. The van der Waals surface area contributed by atoms with Crippen LogP contribution in [0.5, 0.6) is 0 Å². The standard InChI is InChI=1S/C8H14N2S/c1-2-6(9)8(10)7-4-3-5-11-7/h3-6,8H,2,9-10H2,1H3. The minimum absolute atomic E-state index is 0.0139. The van der Waals surface area contributed by atoms with Crippen LogP contribution >= 0.6 is 11.3 Å². The van der Waals surface area contributed by atoms with E-state index >= 15 is 0 Å². The first-order valence-electron chi connectivity index (χ1n) is 3.80. The highest BCUT2D eigenvalue weighted by atomic mass is 32.1. The fraction of sp³-hybridized carbons (Fsp3) is 0.500. The van der Waals surface area contributed by atoms with Gasteiger partial charge in [0.2, 0.25) is 0 Å². The molecule has 2 atom stereocenters. The summed E-state index contributed by atoms with van der Waals surface area (Å²) in [6, 6.07) is 4.14. The minimum atomic E-state index is 0.0139. The molecule has 0 aliphatic heterocycles. The molecule has 62 valence electrons. The first kappa shape index (κ1) is 8.71. The van der Waals surface area contributed by atoms with E-state index in [1.165, 1.54) is 4.88 Å². The monoisotopic (exact) mass is 170 g/mol. The van der Waals surface area contributed by atoms with Crippen molar-refractivity contribution in [2.75, 3.05) is 0 Å². The molecular formula is C8H14N2S. The van der Waals surface area contributed by atoms with E-state index in [0.717, 1.165) is 6.42 Å². The molecule has 0 amide bonds. The molecule has 0 fully saturated rings. The molecule has 11 heavy (non-hydrogen) atoms. The first-order chi connectivity index (χ1) is 5.25. The molecule has 2 unspecified atom stereocenters. The van der Waals surface area contributed by atoms with Crippen molar-refractivity contribution in [1.29, 1.82) is 0 Å².